The van der Waals surface area contributed by atoms with Crippen LogP contribution in [-0.2, 0) is 16.6 Å². The number of imidazole rings is 1. The molecule has 13 heteroatoms. The molecule has 0 aliphatic carbocycles. The number of benzene rings is 1. The maximum absolute atomic E-state index is 12.5. The molecule has 0 spiro atoms. The van der Waals surface area contributed by atoms with Gasteiger partial charge in [0.15, 0.2) is 17.0 Å². The number of fused-ring (bicyclic) bond motifs is 1. The van der Waals surface area contributed by atoms with E-state index in [-0.39, 0.29) is 12.0 Å². The minimum Gasteiger partial charge on any atom is -0.394 e. The molecule has 1 atom stereocenters. The predicted molar refractivity (Wildman–Crippen MR) is 123 cm³/mol. The Morgan fingerprint density at radius 2 is 1.91 bits per heavy atom. The van der Waals surface area contributed by atoms with Gasteiger partial charge in [-0.1, -0.05) is 30.3 Å². The van der Waals surface area contributed by atoms with E-state index in [0.29, 0.717) is 23.5 Å². The zero-order valence-electron chi connectivity index (χ0n) is 18.2. The number of aliphatic hydroxyl groups is 1. The van der Waals surface area contributed by atoms with Crippen LogP contribution in [0.15, 0.2) is 49.3 Å². The number of aliphatic hydroxyl groups excluding tert-OH is 1. The maximum Gasteiger partial charge on any atom is 0.257 e. The number of aromatic nitrogens is 7. The molecular formula is C20H25N9O3S. The molecule has 0 saturated heterocycles. The second-order valence-corrected chi connectivity index (χ2v) is 9.59. The first-order valence-electron chi connectivity index (χ1n) is 10.3. The smallest absolute Gasteiger partial charge is 0.257 e. The quantitative estimate of drug-likeness (QED) is 0.308. The van der Waals surface area contributed by atoms with Gasteiger partial charge in [0.1, 0.15) is 12.7 Å². The average Bonchev–Trinajstić information content (AvgIpc) is 3.48. The van der Waals surface area contributed by atoms with Gasteiger partial charge in [-0.05, 0) is 19.4 Å². The fraction of sp³-hybridized carbons (Fsp3) is 0.350. The highest BCUT2D eigenvalue weighted by molar-refractivity contribution is 7.89. The van der Waals surface area contributed by atoms with E-state index in [4.69, 9.17) is 0 Å². The monoisotopic (exact) mass is 471 g/mol. The third-order valence-corrected chi connectivity index (χ3v) is 6.51. The van der Waals surface area contributed by atoms with E-state index in [0.717, 1.165) is 22.3 Å². The molecule has 1 aromatic carbocycles. The van der Waals surface area contributed by atoms with E-state index < -0.39 is 28.4 Å². The lowest BCUT2D eigenvalue weighted by atomic mass is 10.2. The number of nitrogens with one attached hydrogen (secondary N) is 2. The van der Waals surface area contributed by atoms with Gasteiger partial charge in [0.2, 0.25) is 5.95 Å². The van der Waals surface area contributed by atoms with Gasteiger partial charge in [-0.3, -0.25) is 0 Å². The molecule has 1 unspecified atom stereocenters. The first-order chi connectivity index (χ1) is 15.9. The lowest BCUT2D eigenvalue weighted by Crippen LogP contribution is -2.35. The summed E-state index contributed by atoms with van der Waals surface area (Å²) in [5.41, 5.74) is 2.25. The summed E-state index contributed by atoms with van der Waals surface area (Å²) in [7, 11) is -3.83. The van der Waals surface area contributed by atoms with Crippen molar-refractivity contribution >= 4 is 33.0 Å². The van der Waals surface area contributed by atoms with Crippen molar-refractivity contribution in [3.8, 4) is 0 Å². The van der Waals surface area contributed by atoms with E-state index >= 15 is 0 Å². The average molecular weight is 472 g/mol. The van der Waals surface area contributed by atoms with Crippen LogP contribution < -0.4 is 10.6 Å². The van der Waals surface area contributed by atoms with Crippen molar-refractivity contribution in [2.45, 2.75) is 32.5 Å². The van der Waals surface area contributed by atoms with Crippen molar-refractivity contribution in [3.63, 3.8) is 0 Å². The van der Waals surface area contributed by atoms with Gasteiger partial charge in [-0.15, -0.1) is 9.19 Å². The van der Waals surface area contributed by atoms with E-state index in [1.54, 1.807) is 6.33 Å². The van der Waals surface area contributed by atoms with Crippen LogP contribution >= 0.6 is 0 Å². The van der Waals surface area contributed by atoms with Crippen molar-refractivity contribution in [1.29, 1.82) is 0 Å². The molecule has 12 nitrogen and oxygen atoms in total. The van der Waals surface area contributed by atoms with E-state index in [9.17, 15) is 13.5 Å². The molecule has 0 radical (unpaired) electrons. The Morgan fingerprint density at radius 1 is 1.12 bits per heavy atom. The van der Waals surface area contributed by atoms with Gasteiger partial charge in [-0.2, -0.15) is 9.97 Å². The lowest BCUT2D eigenvalue weighted by Gasteiger charge is -2.17. The van der Waals surface area contributed by atoms with Crippen molar-refractivity contribution in [2.75, 3.05) is 23.0 Å². The first kappa shape index (κ1) is 22.6. The van der Waals surface area contributed by atoms with E-state index in [1.807, 2.05) is 48.7 Å². The SMILES string of the molecule is CC(C)n1cnc2c(NCc3ccccc3)nc(NC(CO)CS(=O)(=O)n3cncn3)nc21. The zero-order chi connectivity index (χ0) is 23.4. The first-order valence-corrected chi connectivity index (χ1v) is 12.0. The minimum absolute atomic E-state index is 0.0982. The summed E-state index contributed by atoms with van der Waals surface area (Å²) >= 11 is 0. The van der Waals surface area contributed by atoms with E-state index in [1.165, 1.54) is 0 Å². The van der Waals surface area contributed by atoms with Crippen molar-refractivity contribution in [1.82, 2.24) is 33.7 Å². The molecule has 0 amide bonds. The Balaban J connectivity index is 1.63. The largest absolute Gasteiger partial charge is 0.394 e. The molecule has 0 bridgehead atoms. The van der Waals surface area contributed by atoms with Crippen LogP contribution in [0.3, 0.4) is 0 Å². The van der Waals surface area contributed by atoms with Gasteiger partial charge in [0, 0.05) is 12.6 Å². The van der Waals surface area contributed by atoms with Crippen LogP contribution in [0.5, 0.6) is 0 Å². The summed E-state index contributed by atoms with van der Waals surface area (Å²) in [6.07, 6.45) is 3.92. The third-order valence-electron chi connectivity index (χ3n) is 4.93. The molecule has 3 aromatic heterocycles. The lowest BCUT2D eigenvalue weighted by molar-refractivity contribution is 0.281. The molecule has 4 aromatic rings. The molecule has 0 fully saturated rings. The Kier molecular flexibility index (Phi) is 6.51. The van der Waals surface area contributed by atoms with Crippen LogP contribution in [0.4, 0.5) is 11.8 Å². The predicted octanol–water partition coefficient (Wildman–Crippen LogP) is 1.26. The molecule has 0 aliphatic rings. The van der Waals surface area contributed by atoms with Gasteiger partial charge in [0.25, 0.3) is 10.0 Å². The Bertz CT molecular complexity index is 1310. The fourth-order valence-electron chi connectivity index (χ4n) is 3.26. The van der Waals surface area contributed by atoms with Gasteiger partial charge in [0.05, 0.1) is 24.7 Å². The van der Waals surface area contributed by atoms with Crippen molar-refractivity contribution < 1.29 is 13.5 Å². The molecule has 3 N–H and O–H groups in total. The molecular weight excluding hydrogens is 446 g/mol. The summed E-state index contributed by atoms with van der Waals surface area (Å²) in [4.78, 5) is 17.2. The van der Waals surface area contributed by atoms with E-state index in [2.05, 4.69) is 35.7 Å². The summed E-state index contributed by atoms with van der Waals surface area (Å²) in [5, 5.41) is 19.7. The zero-order valence-corrected chi connectivity index (χ0v) is 19.0. The topological polar surface area (TPSA) is 153 Å². The molecule has 3 heterocycles. The van der Waals surface area contributed by atoms with Crippen LogP contribution in [0.25, 0.3) is 11.2 Å². The number of rotatable bonds is 10. The number of hydrogen-bond acceptors (Lipinski definition) is 10. The second-order valence-electron chi connectivity index (χ2n) is 7.72. The number of hydrogen-bond donors (Lipinski definition) is 3. The highest BCUT2D eigenvalue weighted by Gasteiger charge is 2.23. The summed E-state index contributed by atoms with van der Waals surface area (Å²) in [6, 6.07) is 9.07. The van der Waals surface area contributed by atoms with Crippen LogP contribution in [0.2, 0.25) is 0 Å². The van der Waals surface area contributed by atoms with Crippen LogP contribution in [0, 0.1) is 0 Å². The normalized spacial score (nSPS) is 12.8. The second kappa shape index (κ2) is 9.50. The van der Waals surface area contributed by atoms with Gasteiger partial charge in [-0.25, -0.2) is 18.4 Å². The van der Waals surface area contributed by atoms with Crippen LogP contribution in [-0.4, -0.2) is 65.6 Å². The molecule has 0 saturated carbocycles. The highest BCUT2D eigenvalue weighted by Crippen LogP contribution is 2.24. The van der Waals surface area contributed by atoms with Crippen molar-refractivity contribution in [3.05, 3.63) is 54.9 Å². The van der Waals surface area contributed by atoms with Gasteiger partial charge >= 0.3 is 0 Å². The fourth-order valence-corrected chi connectivity index (χ4v) is 4.49. The molecule has 0 aliphatic heterocycles. The molecule has 174 valence electrons. The molecule has 4 rings (SSSR count). The van der Waals surface area contributed by atoms with Crippen molar-refractivity contribution in [2.24, 2.45) is 0 Å². The Labute approximate surface area is 190 Å². The Hall–Kier alpha value is -3.58. The molecule has 33 heavy (non-hydrogen) atoms. The number of anilines is 2. The van der Waals surface area contributed by atoms with Crippen LogP contribution in [0.1, 0.15) is 25.5 Å². The summed E-state index contributed by atoms with van der Waals surface area (Å²) in [6.45, 7) is 4.08. The third kappa shape index (κ3) is 5.09. The standard InChI is InChI=1S/C20H25N9O3S/c1-14(2)28-13-23-17-18(22-8-15-6-4-3-5-7-15)26-20(27-19(17)28)25-16(9-30)10-33(31,32)29-12-21-11-24-29/h3-7,11-14,16,30H,8-10H2,1-2H3,(H2,22,25,26,27). The Morgan fingerprint density at radius 3 is 2.58 bits per heavy atom. The summed E-state index contributed by atoms with van der Waals surface area (Å²) in [5.74, 6) is 0.250. The highest BCUT2D eigenvalue weighted by atomic mass is 32.2. The summed E-state index contributed by atoms with van der Waals surface area (Å²) < 4.78 is 27.7. The minimum atomic E-state index is -3.83. The maximum atomic E-state index is 12.5. The van der Waals surface area contributed by atoms with Gasteiger partial charge < -0.3 is 20.3 Å². The number of nitrogens with zero attached hydrogens (tertiary/aromatic N) is 7.